The van der Waals surface area contributed by atoms with Gasteiger partial charge in [-0.2, -0.15) is 0 Å². The quantitative estimate of drug-likeness (QED) is 0.612. The summed E-state index contributed by atoms with van der Waals surface area (Å²) in [5.74, 6) is 1.68. The van der Waals surface area contributed by atoms with Gasteiger partial charge in [-0.05, 0) is 56.7 Å². The third-order valence-electron chi connectivity index (χ3n) is 6.16. The first kappa shape index (κ1) is 26.2. The van der Waals surface area contributed by atoms with Gasteiger partial charge >= 0.3 is 0 Å². The number of piperidine rings is 1. The number of anilines is 1. The van der Waals surface area contributed by atoms with Crippen LogP contribution in [0, 0.1) is 11.8 Å². The number of hydrogen-bond donors (Lipinski definition) is 2. The second kappa shape index (κ2) is 12.1. The lowest BCUT2D eigenvalue weighted by Gasteiger charge is -2.38. The molecule has 0 bridgehead atoms. The first-order chi connectivity index (χ1) is 13.0. The van der Waals surface area contributed by atoms with Gasteiger partial charge in [0.1, 0.15) is 5.75 Å². The molecule has 2 aliphatic rings. The molecule has 1 amide bonds. The molecular formula is C21H34Cl3N3O2. The fourth-order valence-electron chi connectivity index (χ4n) is 4.35. The number of nitrogen functional groups attached to an aromatic ring is 1. The lowest BCUT2D eigenvalue weighted by atomic mass is 9.83. The maximum absolute atomic E-state index is 12.9. The summed E-state index contributed by atoms with van der Waals surface area (Å²) in [7, 11) is 1.54. The first-order valence-electron chi connectivity index (χ1n) is 10.1. The van der Waals surface area contributed by atoms with Crippen molar-refractivity contribution in [1.29, 1.82) is 0 Å². The van der Waals surface area contributed by atoms with Gasteiger partial charge in [0.25, 0.3) is 5.91 Å². The van der Waals surface area contributed by atoms with Crippen molar-refractivity contribution in [3.8, 4) is 5.75 Å². The number of hydrogen-bond acceptors (Lipinski definition) is 4. The number of nitrogens with zero attached hydrogens (tertiary/aromatic N) is 1. The van der Waals surface area contributed by atoms with E-state index in [1.165, 1.54) is 38.8 Å². The van der Waals surface area contributed by atoms with Crippen molar-refractivity contribution >= 4 is 48.0 Å². The molecule has 1 aromatic carbocycles. The van der Waals surface area contributed by atoms with Gasteiger partial charge in [-0.25, -0.2) is 0 Å². The van der Waals surface area contributed by atoms with Crippen LogP contribution in [0.5, 0.6) is 5.75 Å². The summed E-state index contributed by atoms with van der Waals surface area (Å²) < 4.78 is 5.34. The summed E-state index contributed by atoms with van der Waals surface area (Å²) in [6, 6.07) is 3.42. The van der Waals surface area contributed by atoms with Crippen LogP contribution in [0.3, 0.4) is 0 Å². The van der Waals surface area contributed by atoms with Crippen LogP contribution in [-0.4, -0.2) is 43.6 Å². The number of nitrogens with two attached hydrogens (primary N) is 1. The molecule has 1 aromatic rings. The van der Waals surface area contributed by atoms with E-state index in [4.69, 9.17) is 22.1 Å². The van der Waals surface area contributed by atoms with E-state index in [1.54, 1.807) is 19.2 Å². The summed E-state index contributed by atoms with van der Waals surface area (Å²) in [5, 5.41) is 3.64. The molecule has 3 N–H and O–H groups in total. The Hall–Kier alpha value is -0.880. The smallest absolute Gasteiger partial charge is 0.255 e. The zero-order valence-corrected chi connectivity index (χ0v) is 19.7. The van der Waals surface area contributed by atoms with Crippen LogP contribution in [0.1, 0.15) is 55.8 Å². The molecule has 1 saturated heterocycles. The monoisotopic (exact) mass is 465 g/mol. The molecule has 1 heterocycles. The number of likely N-dealkylation sites (tertiary alicyclic amines) is 1. The summed E-state index contributed by atoms with van der Waals surface area (Å²) >= 11 is 6.13. The van der Waals surface area contributed by atoms with Crippen molar-refractivity contribution in [1.82, 2.24) is 10.2 Å². The van der Waals surface area contributed by atoms with E-state index in [9.17, 15) is 4.79 Å². The van der Waals surface area contributed by atoms with E-state index in [2.05, 4.69) is 17.1 Å². The molecule has 2 atom stereocenters. The van der Waals surface area contributed by atoms with Crippen LogP contribution in [0.15, 0.2) is 12.1 Å². The second-order valence-corrected chi connectivity index (χ2v) is 8.59. The summed E-state index contributed by atoms with van der Waals surface area (Å²) in [4.78, 5) is 15.5. The molecule has 5 nitrogen and oxygen atoms in total. The van der Waals surface area contributed by atoms with Crippen LogP contribution in [-0.2, 0) is 0 Å². The molecule has 8 heteroatoms. The third kappa shape index (κ3) is 6.81. The van der Waals surface area contributed by atoms with Crippen molar-refractivity contribution < 1.29 is 9.53 Å². The minimum atomic E-state index is -0.127. The fourth-order valence-corrected chi connectivity index (χ4v) is 4.52. The van der Waals surface area contributed by atoms with Crippen LogP contribution < -0.4 is 15.8 Å². The van der Waals surface area contributed by atoms with Gasteiger partial charge in [-0.15, -0.1) is 24.8 Å². The van der Waals surface area contributed by atoms with Gasteiger partial charge in [0.15, 0.2) is 0 Å². The first-order valence-corrected chi connectivity index (χ1v) is 10.5. The van der Waals surface area contributed by atoms with Crippen molar-refractivity contribution in [3.63, 3.8) is 0 Å². The van der Waals surface area contributed by atoms with E-state index in [0.29, 0.717) is 27.9 Å². The Morgan fingerprint density at radius 3 is 2.52 bits per heavy atom. The maximum atomic E-state index is 12.9. The highest BCUT2D eigenvalue weighted by molar-refractivity contribution is 6.33. The number of nitrogens with one attached hydrogen (secondary N) is 1. The molecule has 0 aromatic heterocycles. The Morgan fingerprint density at radius 2 is 1.86 bits per heavy atom. The highest BCUT2D eigenvalue weighted by Crippen LogP contribution is 2.31. The highest BCUT2D eigenvalue weighted by Gasteiger charge is 2.30. The third-order valence-corrected chi connectivity index (χ3v) is 6.49. The summed E-state index contributed by atoms with van der Waals surface area (Å²) in [6.07, 6.45) is 7.19. The molecule has 29 heavy (non-hydrogen) atoms. The minimum absolute atomic E-state index is 0. The van der Waals surface area contributed by atoms with Crippen molar-refractivity contribution in [3.05, 3.63) is 22.7 Å². The Balaban J connectivity index is 0.00000210. The van der Waals surface area contributed by atoms with Crippen LogP contribution >= 0.6 is 36.4 Å². The molecule has 2 fully saturated rings. The zero-order chi connectivity index (χ0) is 19.4. The molecule has 166 valence electrons. The standard InChI is InChI=1S/C21H32ClN3O2.2ClH/c1-14-7-9-25(10-8-14)13-15-5-3-4-6-19(15)24-21(26)16-11-17(22)18(23)12-20(16)27-2;;/h11-12,14-15,19H,3-10,13,23H2,1-2H3,(H,24,26);2*1H/t15-,19+;;/m1../s1. The predicted octanol–water partition coefficient (Wildman–Crippen LogP) is 4.79. The predicted molar refractivity (Wildman–Crippen MR) is 125 cm³/mol. The number of rotatable bonds is 5. The van der Waals surface area contributed by atoms with Crippen LogP contribution in [0.25, 0.3) is 0 Å². The number of halogens is 3. The molecule has 1 aliphatic carbocycles. The average molecular weight is 467 g/mol. The van der Waals surface area contributed by atoms with Crippen molar-refractivity contribution in [2.45, 2.75) is 51.5 Å². The number of amides is 1. The fraction of sp³-hybridized carbons (Fsp3) is 0.667. The molecular weight excluding hydrogens is 433 g/mol. The summed E-state index contributed by atoms with van der Waals surface area (Å²) in [6.45, 7) is 5.78. The topological polar surface area (TPSA) is 67.6 Å². The van der Waals surface area contributed by atoms with Gasteiger partial charge in [0.05, 0.1) is 23.4 Å². The molecule has 1 saturated carbocycles. The Kier molecular flexibility index (Phi) is 10.9. The Labute approximate surface area is 191 Å². The summed E-state index contributed by atoms with van der Waals surface area (Å²) in [5.41, 5.74) is 6.70. The Morgan fingerprint density at radius 1 is 1.21 bits per heavy atom. The lowest BCUT2D eigenvalue weighted by Crippen LogP contribution is -2.47. The zero-order valence-electron chi connectivity index (χ0n) is 17.3. The Bertz CT molecular complexity index is 667. The van der Waals surface area contributed by atoms with Crippen LogP contribution in [0.2, 0.25) is 5.02 Å². The molecule has 3 rings (SSSR count). The van der Waals surface area contributed by atoms with E-state index >= 15 is 0 Å². The molecule has 1 aliphatic heterocycles. The maximum Gasteiger partial charge on any atom is 0.255 e. The van der Waals surface area contributed by atoms with Gasteiger partial charge in [-0.3, -0.25) is 4.79 Å². The van der Waals surface area contributed by atoms with Gasteiger partial charge in [-0.1, -0.05) is 31.4 Å². The molecule has 0 radical (unpaired) electrons. The van der Waals surface area contributed by atoms with E-state index < -0.39 is 0 Å². The second-order valence-electron chi connectivity index (χ2n) is 8.18. The number of ether oxygens (including phenoxy) is 1. The van der Waals surface area contributed by atoms with Crippen molar-refractivity contribution in [2.75, 3.05) is 32.5 Å². The lowest BCUT2D eigenvalue weighted by molar-refractivity contribution is 0.0865. The van der Waals surface area contributed by atoms with Crippen molar-refractivity contribution in [2.24, 2.45) is 11.8 Å². The van der Waals surface area contributed by atoms with Gasteiger partial charge < -0.3 is 20.7 Å². The number of carbonyl (C=O) groups is 1. The van der Waals surface area contributed by atoms with Gasteiger partial charge in [0, 0.05) is 18.7 Å². The van der Waals surface area contributed by atoms with E-state index in [-0.39, 0.29) is 36.8 Å². The highest BCUT2D eigenvalue weighted by atomic mass is 35.5. The van der Waals surface area contributed by atoms with Gasteiger partial charge in [0.2, 0.25) is 0 Å². The minimum Gasteiger partial charge on any atom is -0.496 e. The SMILES string of the molecule is COc1cc(N)c(Cl)cc1C(=O)N[C@H]1CCCC[C@@H]1CN1CCC(C)CC1.Cl.Cl. The normalized spacial score (nSPS) is 22.9. The average Bonchev–Trinajstić information content (AvgIpc) is 2.66. The molecule has 0 spiro atoms. The molecule has 0 unspecified atom stereocenters. The van der Waals surface area contributed by atoms with E-state index in [1.807, 2.05) is 0 Å². The largest absolute Gasteiger partial charge is 0.496 e. The van der Waals surface area contributed by atoms with Crippen LogP contribution in [0.4, 0.5) is 5.69 Å². The number of carbonyl (C=O) groups excluding carboxylic acids is 1. The number of benzene rings is 1. The van der Waals surface area contributed by atoms with E-state index in [0.717, 1.165) is 25.3 Å². The number of methoxy groups -OCH3 is 1.